The van der Waals surface area contributed by atoms with Gasteiger partial charge in [-0.15, -0.1) is 0 Å². The molecular weight excluding hydrogens is 869 g/mol. The molecule has 0 aliphatic heterocycles. The van der Waals surface area contributed by atoms with E-state index in [1.807, 2.05) is 19.9 Å². The topological polar surface area (TPSA) is 25.8 Å². The Hall–Kier alpha value is -8.72. The van der Waals surface area contributed by atoms with Gasteiger partial charge < -0.3 is 0 Å². The Kier molecular flexibility index (Phi) is 12.4. The van der Waals surface area contributed by atoms with Crippen molar-refractivity contribution < 1.29 is 0 Å². The Labute approximate surface area is 424 Å². The SMILES string of the molecule is C=CC1=C(C)\C(=C/C=C(C2=CC=C(c3nc4cc(-c5ccccc5)c(-c5ccccc5)cc4nc3-c3ccc(-c4ccc5c6c(cccc46)-c4ccccc4-5)cc3)CC=C2)\C(C)=C\C)c2ccccc21.CC. The van der Waals surface area contributed by atoms with E-state index in [0.717, 1.165) is 61.4 Å². The molecule has 72 heavy (non-hydrogen) atoms. The lowest BCUT2D eigenvalue weighted by Gasteiger charge is -2.16. The van der Waals surface area contributed by atoms with E-state index < -0.39 is 0 Å². The Morgan fingerprint density at radius 3 is 1.71 bits per heavy atom. The van der Waals surface area contributed by atoms with Crippen LogP contribution in [0.3, 0.4) is 0 Å². The third-order valence-electron chi connectivity index (χ3n) is 14.5. The minimum Gasteiger partial charge on any atom is -0.244 e. The van der Waals surface area contributed by atoms with Gasteiger partial charge in [-0.25, -0.2) is 9.97 Å². The van der Waals surface area contributed by atoms with E-state index in [-0.39, 0.29) is 0 Å². The summed E-state index contributed by atoms with van der Waals surface area (Å²) in [5.74, 6) is 0. The Morgan fingerprint density at radius 1 is 0.528 bits per heavy atom. The fourth-order valence-electron chi connectivity index (χ4n) is 10.8. The van der Waals surface area contributed by atoms with Gasteiger partial charge in [0.25, 0.3) is 0 Å². The van der Waals surface area contributed by atoms with E-state index in [1.54, 1.807) is 0 Å². The van der Waals surface area contributed by atoms with E-state index in [4.69, 9.17) is 9.97 Å². The van der Waals surface area contributed by atoms with Crippen LogP contribution in [0.2, 0.25) is 0 Å². The van der Waals surface area contributed by atoms with Crippen LogP contribution in [0.5, 0.6) is 0 Å². The lowest BCUT2D eigenvalue weighted by atomic mass is 9.92. The molecule has 3 aliphatic rings. The fraction of sp³-hybridized carbons (Fsp3) is 0.0857. The molecule has 0 spiro atoms. The van der Waals surface area contributed by atoms with Gasteiger partial charge in [-0.3, -0.25) is 0 Å². The molecule has 346 valence electrons. The Morgan fingerprint density at radius 2 is 1.07 bits per heavy atom. The molecule has 0 unspecified atom stereocenters. The van der Waals surface area contributed by atoms with Gasteiger partial charge in [0.1, 0.15) is 0 Å². The summed E-state index contributed by atoms with van der Waals surface area (Å²) in [5.41, 5.74) is 27.4. The van der Waals surface area contributed by atoms with Crippen LogP contribution in [0.15, 0.2) is 253 Å². The summed E-state index contributed by atoms with van der Waals surface area (Å²) in [6.45, 7) is 14.7. The summed E-state index contributed by atoms with van der Waals surface area (Å²) in [7, 11) is 0. The lowest BCUT2D eigenvalue weighted by molar-refractivity contribution is 1.22. The zero-order valence-electron chi connectivity index (χ0n) is 41.7. The summed E-state index contributed by atoms with van der Waals surface area (Å²) in [5, 5.41) is 2.60. The monoisotopic (exact) mass is 924 g/mol. The van der Waals surface area contributed by atoms with Crippen LogP contribution in [0, 0.1) is 0 Å². The molecule has 0 saturated heterocycles. The number of benzene rings is 8. The second-order valence-electron chi connectivity index (χ2n) is 18.4. The van der Waals surface area contributed by atoms with Gasteiger partial charge in [-0.05, 0) is 156 Å². The molecule has 0 N–H and O–H groups in total. The van der Waals surface area contributed by atoms with E-state index in [1.165, 1.54) is 83.1 Å². The van der Waals surface area contributed by atoms with Crippen LogP contribution in [-0.2, 0) is 0 Å². The largest absolute Gasteiger partial charge is 0.244 e. The first kappa shape index (κ1) is 45.7. The first-order chi connectivity index (χ1) is 35.5. The van der Waals surface area contributed by atoms with Crippen molar-refractivity contribution in [2.75, 3.05) is 0 Å². The zero-order chi connectivity index (χ0) is 49.3. The number of hydrogen-bond donors (Lipinski definition) is 0. The van der Waals surface area contributed by atoms with E-state index >= 15 is 0 Å². The minimum atomic E-state index is 0.698. The molecule has 0 radical (unpaired) electrons. The van der Waals surface area contributed by atoms with Crippen LogP contribution in [0.25, 0.3) is 105 Å². The maximum absolute atomic E-state index is 5.62. The Bertz CT molecular complexity index is 3820. The van der Waals surface area contributed by atoms with E-state index in [9.17, 15) is 0 Å². The highest BCUT2D eigenvalue weighted by Gasteiger charge is 2.24. The standard InChI is InChI=1S/C68H50N2.C2H6/c1-5-43(3)52(37-38-53-44(4)51(6-2)55-25-13-14-26-56(53)55)47-23-17-24-49(34-31-47)67-68(70-65-42-63(46-21-11-8-12-22-46)62(41-64(65)69-67)45-19-9-7-10-20-45)50-35-32-48(33-36-50)54-39-40-61-58-28-16-15-27-57(58)60-30-18-29-59(54)66(60)61;1-2/h5-23,25-42H,2,24H2,1,3-4H3;1-2H3/b43-5+,52-37+,53-38+;. The molecule has 12 rings (SSSR count). The van der Waals surface area contributed by atoms with Crippen molar-refractivity contribution in [2.24, 2.45) is 0 Å². The zero-order valence-corrected chi connectivity index (χ0v) is 41.7. The third kappa shape index (κ3) is 8.05. The fourth-order valence-corrected chi connectivity index (χ4v) is 10.8. The van der Waals surface area contributed by atoms with Crippen molar-refractivity contribution in [1.29, 1.82) is 0 Å². The first-order valence-electron chi connectivity index (χ1n) is 25.3. The predicted octanol–water partition coefficient (Wildman–Crippen LogP) is 19.3. The highest BCUT2D eigenvalue weighted by molar-refractivity contribution is 6.18. The number of allylic oxidation sites excluding steroid dienone is 15. The van der Waals surface area contributed by atoms with Crippen LogP contribution in [0.4, 0.5) is 0 Å². The number of nitrogens with zero attached hydrogens (tertiary/aromatic N) is 2. The van der Waals surface area contributed by atoms with E-state index in [2.05, 4.69) is 246 Å². The van der Waals surface area contributed by atoms with Crippen molar-refractivity contribution in [3.8, 4) is 66.9 Å². The van der Waals surface area contributed by atoms with E-state index in [0.29, 0.717) is 6.42 Å². The van der Waals surface area contributed by atoms with Gasteiger partial charge in [0.15, 0.2) is 0 Å². The number of rotatable bonds is 9. The molecular formula is C70H56N2. The molecule has 9 aromatic rings. The average molecular weight is 925 g/mol. The van der Waals surface area contributed by atoms with Crippen LogP contribution in [0.1, 0.15) is 57.9 Å². The summed E-state index contributed by atoms with van der Waals surface area (Å²) in [4.78, 5) is 11.2. The summed E-state index contributed by atoms with van der Waals surface area (Å²) in [6.07, 6.45) is 18.5. The molecule has 1 aromatic heterocycles. The second-order valence-corrected chi connectivity index (χ2v) is 18.4. The van der Waals surface area contributed by atoms with Gasteiger partial charge >= 0.3 is 0 Å². The summed E-state index contributed by atoms with van der Waals surface area (Å²) < 4.78 is 0. The van der Waals surface area contributed by atoms with Gasteiger partial charge in [-0.1, -0.05) is 233 Å². The van der Waals surface area contributed by atoms with Crippen molar-refractivity contribution in [1.82, 2.24) is 9.97 Å². The molecule has 3 aliphatic carbocycles. The molecule has 0 fully saturated rings. The maximum atomic E-state index is 5.62. The van der Waals surface area contributed by atoms with Gasteiger partial charge in [-0.2, -0.15) is 0 Å². The number of fused-ring (bicyclic) bond motifs is 5. The van der Waals surface area contributed by atoms with Crippen LogP contribution >= 0.6 is 0 Å². The highest BCUT2D eigenvalue weighted by Crippen LogP contribution is 2.49. The quantitative estimate of drug-likeness (QED) is 0.135. The first-order valence-corrected chi connectivity index (χ1v) is 25.3. The average Bonchev–Trinajstić information content (AvgIpc) is 3.78. The van der Waals surface area contributed by atoms with Gasteiger partial charge in [0.2, 0.25) is 0 Å². The molecule has 0 bridgehead atoms. The lowest BCUT2D eigenvalue weighted by Crippen LogP contribution is -2.00. The Balaban J connectivity index is 0.00000277. The number of aromatic nitrogens is 2. The van der Waals surface area contributed by atoms with Crippen LogP contribution in [-0.4, -0.2) is 9.97 Å². The summed E-state index contributed by atoms with van der Waals surface area (Å²) >= 11 is 0. The second kappa shape index (κ2) is 19.6. The molecule has 0 saturated carbocycles. The third-order valence-corrected chi connectivity index (χ3v) is 14.5. The van der Waals surface area contributed by atoms with Gasteiger partial charge in [0.05, 0.1) is 22.4 Å². The van der Waals surface area contributed by atoms with Crippen molar-refractivity contribution in [2.45, 2.75) is 41.0 Å². The molecule has 8 aromatic carbocycles. The maximum Gasteiger partial charge on any atom is 0.0969 e. The highest BCUT2D eigenvalue weighted by atomic mass is 14.8. The molecule has 2 nitrogen and oxygen atoms in total. The molecule has 0 atom stereocenters. The van der Waals surface area contributed by atoms with Crippen LogP contribution < -0.4 is 0 Å². The van der Waals surface area contributed by atoms with Crippen molar-refractivity contribution in [3.05, 3.63) is 270 Å². The van der Waals surface area contributed by atoms with Gasteiger partial charge in [0, 0.05) is 5.56 Å². The minimum absolute atomic E-state index is 0.698. The predicted molar refractivity (Wildman–Crippen MR) is 309 cm³/mol. The molecule has 1 heterocycles. The molecule has 2 heteroatoms. The summed E-state index contributed by atoms with van der Waals surface area (Å²) in [6, 6.07) is 63.4. The smallest absolute Gasteiger partial charge is 0.0969 e. The van der Waals surface area contributed by atoms with Crippen molar-refractivity contribution >= 4 is 38.5 Å². The molecule has 0 amide bonds. The van der Waals surface area contributed by atoms with Crippen molar-refractivity contribution in [3.63, 3.8) is 0 Å². The number of hydrogen-bond acceptors (Lipinski definition) is 2. The normalized spacial score (nSPS) is 14.4.